The molecule has 10 nitrogen and oxygen atoms in total. The molecule has 1 saturated heterocycles. The van der Waals surface area contributed by atoms with Gasteiger partial charge in [0.15, 0.2) is 16.9 Å². The topological polar surface area (TPSA) is 170 Å². The summed E-state index contributed by atoms with van der Waals surface area (Å²) in [5, 5.41) is 59.6. The van der Waals surface area contributed by atoms with Gasteiger partial charge in [-0.3, -0.25) is 4.79 Å². The second-order valence-corrected chi connectivity index (χ2v) is 7.10. The second kappa shape index (κ2) is 8.17. The average molecular weight is 432 g/mol. The molecule has 1 fully saturated rings. The van der Waals surface area contributed by atoms with E-state index in [1.165, 1.54) is 6.07 Å². The van der Waals surface area contributed by atoms with Gasteiger partial charge >= 0.3 is 0 Å². The van der Waals surface area contributed by atoms with Gasteiger partial charge in [0.1, 0.15) is 41.1 Å². The summed E-state index contributed by atoms with van der Waals surface area (Å²) in [7, 11) is 0. The van der Waals surface area contributed by atoms with Crippen molar-refractivity contribution in [3.63, 3.8) is 0 Å². The molecule has 1 aromatic heterocycles. The lowest BCUT2D eigenvalue weighted by atomic mass is 9.99. The molecule has 2 aromatic carbocycles. The van der Waals surface area contributed by atoms with Crippen molar-refractivity contribution in [3.05, 3.63) is 52.7 Å². The van der Waals surface area contributed by atoms with Crippen molar-refractivity contribution in [2.75, 3.05) is 6.61 Å². The van der Waals surface area contributed by atoms with Gasteiger partial charge in [0, 0.05) is 17.7 Å². The van der Waals surface area contributed by atoms with E-state index in [2.05, 4.69) is 0 Å². The molecule has 0 amide bonds. The average Bonchev–Trinajstić information content (AvgIpc) is 2.77. The van der Waals surface area contributed by atoms with Crippen molar-refractivity contribution in [1.82, 2.24) is 0 Å². The quantitative estimate of drug-likeness (QED) is 0.310. The lowest BCUT2D eigenvalue weighted by molar-refractivity contribution is -0.277. The lowest BCUT2D eigenvalue weighted by Gasteiger charge is -2.39. The number of aliphatic hydroxyl groups is 4. The Balaban J connectivity index is 1.76. The van der Waals surface area contributed by atoms with E-state index in [1.54, 1.807) is 30.3 Å². The van der Waals surface area contributed by atoms with E-state index < -0.39 is 60.0 Å². The third-order valence-corrected chi connectivity index (χ3v) is 5.08. The van der Waals surface area contributed by atoms with E-state index in [0.29, 0.717) is 5.56 Å². The van der Waals surface area contributed by atoms with Gasteiger partial charge in [-0.1, -0.05) is 30.3 Å². The van der Waals surface area contributed by atoms with Crippen LogP contribution in [0.15, 0.2) is 51.7 Å². The number of aliphatic hydroxyl groups excluding tert-OH is 4. The van der Waals surface area contributed by atoms with Crippen LogP contribution in [0.3, 0.4) is 0 Å². The molecule has 0 unspecified atom stereocenters. The summed E-state index contributed by atoms with van der Waals surface area (Å²) in [6.07, 6.45) is -7.87. The summed E-state index contributed by atoms with van der Waals surface area (Å²) >= 11 is 0. The smallest absolute Gasteiger partial charge is 0.229 e. The number of phenolic OH excluding ortho intramolecular Hbond substituents is 2. The number of ether oxygens (including phenoxy) is 2. The number of rotatable bonds is 4. The third kappa shape index (κ3) is 3.71. The fourth-order valence-corrected chi connectivity index (χ4v) is 3.39. The van der Waals surface area contributed by atoms with Crippen molar-refractivity contribution >= 4 is 11.0 Å². The van der Waals surface area contributed by atoms with Crippen LogP contribution in [0.5, 0.6) is 17.2 Å². The van der Waals surface area contributed by atoms with Crippen LogP contribution in [0.1, 0.15) is 0 Å². The molecule has 1 aliphatic rings. The van der Waals surface area contributed by atoms with Gasteiger partial charge in [0.2, 0.25) is 12.0 Å². The van der Waals surface area contributed by atoms with E-state index in [4.69, 9.17) is 13.9 Å². The van der Waals surface area contributed by atoms with Gasteiger partial charge in [0.25, 0.3) is 0 Å². The van der Waals surface area contributed by atoms with Crippen LogP contribution in [0.4, 0.5) is 0 Å². The Morgan fingerprint density at radius 3 is 2.32 bits per heavy atom. The molecule has 2 heterocycles. The molecule has 3 aromatic rings. The maximum absolute atomic E-state index is 12.5. The number of hydrogen-bond donors (Lipinski definition) is 6. The summed E-state index contributed by atoms with van der Waals surface area (Å²) in [6, 6.07) is 11.0. The maximum atomic E-state index is 12.5. The van der Waals surface area contributed by atoms with Crippen LogP contribution >= 0.6 is 0 Å². The predicted octanol–water partition coefficient (Wildman–Crippen LogP) is 0.0499. The molecule has 0 saturated carbocycles. The Labute approximate surface area is 174 Å². The van der Waals surface area contributed by atoms with E-state index in [-0.39, 0.29) is 16.7 Å². The summed E-state index contributed by atoms with van der Waals surface area (Å²) in [6.45, 7) is -0.672. The highest BCUT2D eigenvalue weighted by molar-refractivity contribution is 5.89. The summed E-state index contributed by atoms with van der Waals surface area (Å²) in [4.78, 5) is 12.5. The summed E-state index contributed by atoms with van der Waals surface area (Å²) in [5.41, 5.74) is -0.112. The van der Waals surface area contributed by atoms with Crippen LogP contribution < -0.4 is 10.2 Å². The predicted molar refractivity (Wildman–Crippen MR) is 106 cm³/mol. The molecule has 6 N–H and O–H groups in total. The van der Waals surface area contributed by atoms with Crippen LogP contribution in [0, 0.1) is 0 Å². The third-order valence-electron chi connectivity index (χ3n) is 5.08. The first-order chi connectivity index (χ1) is 14.8. The molecule has 31 heavy (non-hydrogen) atoms. The zero-order valence-corrected chi connectivity index (χ0v) is 16.0. The van der Waals surface area contributed by atoms with E-state index in [9.17, 15) is 35.4 Å². The van der Waals surface area contributed by atoms with Gasteiger partial charge < -0.3 is 44.5 Å². The Bertz CT molecular complexity index is 1140. The van der Waals surface area contributed by atoms with Gasteiger partial charge in [-0.05, 0) is 0 Å². The highest BCUT2D eigenvalue weighted by Crippen LogP contribution is 2.42. The van der Waals surface area contributed by atoms with E-state index >= 15 is 0 Å². The second-order valence-electron chi connectivity index (χ2n) is 7.10. The van der Waals surface area contributed by atoms with Crippen LogP contribution in [0.25, 0.3) is 22.3 Å². The Hall–Kier alpha value is -3.15. The number of aromatic hydroxyl groups is 2. The molecular weight excluding hydrogens is 412 g/mol. The number of fused-ring (bicyclic) bond motifs is 1. The van der Waals surface area contributed by atoms with Crippen LogP contribution in [-0.4, -0.2) is 68.0 Å². The highest BCUT2D eigenvalue weighted by atomic mass is 16.7. The first-order valence-electron chi connectivity index (χ1n) is 9.37. The molecule has 0 bridgehead atoms. The molecule has 1 aliphatic heterocycles. The summed E-state index contributed by atoms with van der Waals surface area (Å²) in [5.74, 6) is -1.82. The number of hydrogen-bond acceptors (Lipinski definition) is 10. The standard InChI is InChI=1S/C21H20O10/c22-8-14-17(25)19(27)20(28)21(31-14)30-13-7-12-15(18(26)16(13)24)10(23)6-11(29-12)9-4-2-1-3-5-9/h1-7,14,17,19-22,24-28H,8H2/t14-,17-,19+,20-,21-/m1/s1. The van der Waals surface area contributed by atoms with E-state index in [0.717, 1.165) is 6.07 Å². The zero-order valence-electron chi connectivity index (χ0n) is 16.0. The SMILES string of the molecule is O=c1cc(-c2ccccc2)oc2cc(O[C@@H]3O[C@H](CO)[C@@H](O)[C@H](O)[C@H]3O)c(O)c(O)c12. The molecule has 5 atom stereocenters. The molecule has 164 valence electrons. The van der Waals surface area contributed by atoms with Gasteiger partial charge in [0.05, 0.1) is 6.61 Å². The molecule has 0 spiro atoms. The van der Waals surface area contributed by atoms with Crippen molar-refractivity contribution in [2.45, 2.75) is 30.7 Å². The van der Waals surface area contributed by atoms with Gasteiger partial charge in [-0.25, -0.2) is 0 Å². The van der Waals surface area contributed by atoms with Crippen molar-refractivity contribution in [3.8, 4) is 28.6 Å². The summed E-state index contributed by atoms with van der Waals surface area (Å²) < 4.78 is 16.4. The van der Waals surface area contributed by atoms with Gasteiger partial charge in [-0.2, -0.15) is 0 Å². The maximum Gasteiger partial charge on any atom is 0.229 e. The first kappa shape index (κ1) is 21.1. The lowest BCUT2D eigenvalue weighted by Crippen LogP contribution is -2.60. The fourth-order valence-electron chi connectivity index (χ4n) is 3.39. The number of benzene rings is 2. The molecule has 0 aliphatic carbocycles. The van der Waals surface area contributed by atoms with Crippen molar-refractivity contribution < 1.29 is 44.5 Å². The Morgan fingerprint density at radius 1 is 0.935 bits per heavy atom. The van der Waals surface area contributed by atoms with Gasteiger partial charge in [-0.15, -0.1) is 0 Å². The zero-order chi connectivity index (χ0) is 22.3. The monoisotopic (exact) mass is 432 g/mol. The highest BCUT2D eigenvalue weighted by Gasteiger charge is 2.45. The normalized spacial score (nSPS) is 26.1. The minimum absolute atomic E-state index is 0.110. The minimum atomic E-state index is -1.74. The van der Waals surface area contributed by atoms with Crippen LogP contribution in [-0.2, 0) is 4.74 Å². The first-order valence-corrected chi connectivity index (χ1v) is 9.37. The molecule has 10 heteroatoms. The minimum Gasteiger partial charge on any atom is -0.504 e. The fraction of sp³-hybridized carbons (Fsp3) is 0.286. The largest absolute Gasteiger partial charge is 0.504 e. The Kier molecular flexibility index (Phi) is 5.56. The van der Waals surface area contributed by atoms with E-state index in [1.807, 2.05) is 0 Å². The van der Waals surface area contributed by atoms with Crippen LogP contribution in [0.2, 0.25) is 0 Å². The molecule has 0 radical (unpaired) electrons. The molecule has 4 rings (SSSR count). The number of phenols is 2. The molecular formula is C21H20O10. The Morgan fingerprint density at radius 2 is 1.65 bits per heavy atom. The van der Waals surface area contributed by atoms with Crippen molar-refractivity contribution in [1.29, 1.82) is 0 Å². The van der Waals surface area contributed by atoms with Crippen molar-refractivity contribution in [2.24, 2.45) is 0 Å².